The fraction of sp³-hybridized carbons (Fsp3) is 0.350. The zero-order chi connectivity index (χ0) is 18.7. The average molecular weight is 350 g/mol. The van der Waals surface area contributed by atoms with Crippen LogP contribution in [0.2, 0.25) is 0 Å². The maximum absolute atomic E-state index is 12.2. The smallest absolute Gasteiger partial charge is 0.410 e. The lowest BCUT2D eigenvalue weighted by Gasteiger charge is -2.24. The van der Waals surface area contributed by atoms with Crippen molar-refractivity contribution in [2.75, 3.05) is 5.32 Å². The molecule has 0 spiro atoms. The van der Waals surface area contributed by atoms with E-state index in [4.69, 9.17) is 10.00 Å². The summed E-state index contributed by atoms with van der Waals surface area (Å²) in [4.78, 5) is 18.2. The number of nitrogens with one attached hydrogen (secondary N) is 1. The number of benzene rings is 1. The van der Waals surface area contributed by atoms with Crippen molar-refractivity contribution < 1.29 is 9.53 Å². The zero-order valence-electron chi connectivity index (χ0n) is 15.2. The molecule has 3 rings (SSSR count). The van der Waals surface area contributed by atoms with E-state index < -0.39 is 5.60 Å². The van der Waals surface area contributed by atoms with Crippen LogP contribution in [0.4, 0.5) is 10.6 Å². The van der Waals surface area contributed by atoms with E-state index in [-0.39, 0.29) is 6.09 Å². The van der Waals surface area contributed by atoms with Crippen molar-refractivity contribution in [3.8, 4) is 6.07 Å². The Morgan fingerprint density at radius 2 is 2.08 bits per heavy atom. The van der Waals surface area contributed by atoms with E-state index in [0.29, 0.717) is 31.0 Å². The summed E-state index contributed by atoms with van der Waals surface area (Å²) in [6.45, 7) is 7.27. The molecule has 26 heavy (non-hydrogen) atoms. The van der Waals surface area contributed by atoms with Gasteiger partial charge in [0.2, 0.25) is 0 Å². The molecule has 0 saturated heterocycles. The van der Waals surface area contributed by atoms with Crippen molar-refractivity contribution in [2.24, 2.45) is 0 Å². The first-order valence-corrected chi connectivity index (χ1v) is 8.53. The van der Waals surface area contributed by atoms with Crippen molar-refractivity contribution in [1.29, 1.82) is 5.26 Å². The molecule has 1 aliphatic heterocycles. The molecule has 2 heterocycles. The molecule has 1 amide bonds. The Labute approximate surface area is 153 Å². The minimum Gasteiger partial charge on any atom is -0.444 e. The highest BCUT2D eigenvalue weighted by Gasteiger charge is 2.27. The molecule has 0 unspecified atom stereocenters. The topological polar surface area (TPSA) is 78.2 Å². The zero-order valence-corrected chi connectivity index (χ0v) is 15.2. The molecule has 1 N–H and O–H groups in total. The fourth-order valence-corrected chi connectivity index (χ4v) is 2.84. The van der Waals surface area contributed by atoms with Crippen LogP contribution in [0.3, 0.4) is 0 Å². The number of hydrogen-bond donors (Lipinski definition) is 1. The molecule has 2 aromatic rings. The SMILES string of the molecule is CC(C)(C)OC(=O)N1Cc2ccc(CNc3ncccc3C#N)cc2C1. The predicted molar refractivity (Wildman–Crippen MR) is 98.2 cm³/mol. The van der Waals surface area contributed by atoms with Gasteiger partial charge in [0.1, 0.15) is 17.5 Å². The lowest BCUT2D eigenvalue weighted by atomic mass is 10.1. The highest BCUT2D eigenvalue weighted by atomic mass is 16.6. The Bertz CT molecular complexity index is 865. The first-order valence-electron chi connectivity index (χ1n) is 8.53. The number of aromatic nitrogens is 1. The van der Waals surface area contributed by atoms with Gasteiger partial charge in [-0.05, 0) is 49.6 Å². The number of carbonyl (C=O) groups excluding carboxylic acids is 1. The molecule has 0 aliphatic carbocycles. The van der Waals surface area contributed by atoms with Crippen molar-refractivity contribution in [3.63, 3.8) is 0 Å². The predicted octanol–water partition coefficient (Wildman–Crippen LogP) is 3.82. The number of nitrogens with zero attached hydrogens (tertiary/aromatic N) is 3. The van der Waals surface area contributed by atoms with E-state index in [1.807, 2.05) is 32.9 Å². The number of anilines is 1. The molecule has 6 nitrogen and oxygen atoms in total. The lowest BCUT2D eigenvalue weighted by molar-refractivity contribution is 0.0242. The molecule has 0 bridgehead atoms. The second-order valence-electron chi connectivity index (χ2n) is 7.30. The number of fused-ring (bicyclic) bond motifs is 1. The number of nitriles is 1. The third kappa shape index (κ3) is 4.12. The summed E-state index contributed by atoms with van der Waals surface area (Å²) in [6, 6.07) is 11.8. The Hall–Kier alpha value is -3.07. The maximum Gasteiger partial charge on any atom is 0.410 e. The molecule has 1 aromatic heterocycles. The Morgan fingerprint density at radius 1 is 1.31 bits per heavy atom. The maximum atomic E-state index is 12.2. The lowest BCUT2D eigenvalue weighted by Crippen LogP contribution is -2.33. The quantitative estimate of drug-likeness (QED) is 0.910. The highest BCUT2D eigenvalue weighted by molar-refractivity contribution is 5.69. The van der Waals surface area contributed by atoms with E-state index in [1.165, 1.54) is 0 Å². The number of hydrogen-bond acceptors (Lipinski definition) is 5. The Kier molecular flexibility index (Phi) is 4.81. The second kappa shape index (κ2) is 7.04. The number of pyridine rings is 1. The van der Waals surface area contributed by atoms with Gasteiger partial charge in [-0.2, -0.15) is 5.26 Å². The van der Waals surface area contributed by atoms with E-state index in [9.17, 15) is 4.79 Å². The van der Waals surface area contributed by atoms with Crippen molar-refractivity contribution in [1.82, 2.24) is 9.88 Å². The summed E-state index contributed by atoms with van der Waals surface area (Å²) in [5.41, 5.74) is 3.35. The molecule has 134 valence electrons. The van der Waals surface area contributed by atoms with Gasteiger partial charge in [0, 0.05) is 25.8 Å². The first kappa shape index (κ1) is 17.7. The molecule has 0 fully saturated rings. The van der Waals surface area contributed by atoms with Crippen molar-refractivity contribution in [3.05, 3.63) is 58.8 Å². The third-order valence-electron chi connectivity index (χ3n) is 4.03. The van der Waals surface area contributed by atoms with Gasteiger partial charge >= 0.3 is 6.09 Å². The van der Waals surface area contributed by atoms with Crippen LogP contribution in [0.1, 0.15) is 43.0 Å². The van der Waals surface area contributed by atoms with Gasteiger partial charge in [-0.25, -0.2) is 9.78 Å². The average Bonchev–Trinajstić information content (AvgIpc) is 3.02. The molecule has 0 saturated carbocycles. The monoisotopic (exact) mass is 350 g/mol. The molecule has 0 radical (unpaired) electrons. The van der Waals surface area contributed by atoms with E-state index >= 15 is 0 Å². The number of ether oxygens (including phenoxy) is 1. The first-order chi connectivity index (χ1) is 12.4. The minimum absolute atomic E-state index is 0.291. The standard InChI is InChI=1S/C20H22N4O2/c1-20(2,3)26-19(25)24-12-16-7-6-14(9-17(16)13-24)11-23-18-15(10-21)5-4-8-22-18/h4-9H,11-13H2,1-3H3,(H,22,23). The highest BCUT2D eigenvalue weighted by Crippen LogP contribution is 2.26. The minimum atomic E-state index is -0.498. The summed E-state index contributed by atoms with van der Waals surface area (Å²) in [6.07, 6.45) is 1.37. The second-order valence-corrected chi connectivity index (χ2v) is 7.30. The van der Waals surface area contributed by atoms with E-state index in [1.54, 1.807) is 23.2 Å². The molecular formula is C20H22N4O2. The van der Waals surface area contributed by atoms with Gasteiger partial charge in [0.15, 0.2) is 0 Å². The molecule has 1 aliphatic rings. The van der Waals surface area contributed by atoms with Crippen LogP contribution in [-0.2, 0) is 24.4 Å². The number of carbonyl (C=O) groups is 1. The van der Waals surface area contributed by atoms with Crippen LogP contribution < -0.4 is 5.32 Å². The molecule has 0 atom stereocenters. The van der Waals surface area contributed by atoms with Gasteiger partial charge in [-0.3, -0.25) is 4.90 Å². The van der Waals surface area contributed by atoms with Gasteiger partial charge in [-0.1, -0.05) is 18.2 Å². The van der Waals surface area contributed by atoms with Crippen molar-refractivity contribution >= 4 is 11.9 Å². The molecular weight excluding hydrogens is 328 g/mol. The van der Waals surface area contributed by atoms with Gasteiger partial charge in [-0.15, -0.1) is 0 Å². The number of rotatable bonds is 3. The summed E-state index contributed by atoms with van der Waals surface area (Å²) in [7, 11) is 0. The van der Waals surface area contributed by atoms with Gasteiger partial charge < -0.3 is 10.1 Å². The molecule has 1 aromatic carbocycles. The largest absolute Gasteiger partial charge is 0.444 e. The van der Waals surface area contributed by atoms with Crippen LogP contribution in [0.25, 0.3) is 0 Å². The van der Waals surface area contributed by atoms with Crippen molar-refractivity contribution in [2.45, 2.75) is 46.0 Å². The Morgan fingerprint density at radius 3 is 2.81 bits per heavy atom. The van der Waals surface area contributed by atoms with Crippen LogP contribution in [0, 0.1) is 11.3 Å². The van der Waals surface area contributed by atoms with Crippen LogP contribution in [0.15, 0.2) is 36.5 Å². The van der Waals surface area contributed by atoms with E-state index in [2.05, 4.69) is 22.4 Å². The van der Waals surface area contributed by atoms with Gasteiger partial charge in [0.05, 0.1) is 5.56 Å². The normalized spacial score (nSPS) is 13.1. The molecule has 6 heteroatoms. The number of amides is 1. The van der Waals surface area contributed by atoms with Crippen LogP contribution >= 0.6 is 0 Å². The van der Waals surface area contributed by atoms with Gasteiger partial charge in [0.25, 0.3) is 0 Å². The summed E-state index contributed by atoms with van der Waals surface area (Å²) in [5.74, 6) is 0.575. The fourth-order valence-electron chi connectivity index (χ4n) is 2.84. The summed E-state index contributed by atoms with van der Waals surface area (Å²) in [5, 5.41) is 12.3. The third-order valence-corrected chi connectivity index (χ3v) is 4.03. The Balaban J connectivity index is 1.66. The summed E-state index contributed by atoms with van der Waals surface area (Å²) >= 11 is 0. The summed E-state index contributed by atoms with van der Waals surface area (Å²) < 4.78 is 5.45. The van der Waals surface area contributed by atoms with E-state index in [0.717, 1.165) is 16.7 Å². The van der Waals surface area contributed by atoms with Crippen LogP contribution in [0.5, 0.6) is 0 Å². The van der Waals surface area contributed by atoms with Crippen LogP contribution in [-0.4, -0.2) is 21.6 Å².